The molecule has 0 fully saturated rings. The molecule has 0 atom stereocenters. The van der Waals surface area contributed by atoms with Crippen LogP contribution in [0.25, 0.3) is 0 Å². The summed E-state index contributed by atoms with van der Waals surface area (Å²) >= 11 is 0. The molecule has 0 radical (unpaired) electrons. The summed E-state index contributed by atoms with van der Waals surface area (Å²) in [6.45, 7) is 6.35. The van der Waals surface area contributed by atoms with Gasteiger partial charge in [-0.1, -0.05) is 0 Å². The average Bonchev–Trinajstić information content (AvgIpc) is 2.43. The summed E-state index contributed by atoms with van der Waals surface area (Å²) < 4.78 is 0. The van der Waals surface area contributed by atoms with Crippen molar-refractivity contribution in [1.82, 2.24) is 15.3 Å². The van der Waals surface area contributed by atoms with Gasteiger partial charge in [0.05, 0.1) is 5.41 Å². The first-order chi connectivity index (χ1) is 9.44. The number of anilines is 1. The van der Waals surface area contributed by atoms with Gasteiger partial charge in [0.15, 0.2) is 0 Å². The summed E-state index contributed by atoms with van der Waals surface area (Å²) in [5.74, 6) is 1.74. The number of amides is 1. The van der Waals surface area contributed by atoms with Gasteiger partial charge in [-0.05, 0) is 46.5 Å². The lowest BCUT2D eigenvalue weighted by Gasteiger charge is -2.25. The molecule has 5 heteroatoms. The summed E-state index contributed by atoms with van der Waals surface area (Å²) in [6, 6.07) is 0. The van der Waals surface area contributed by atoms with Gasteiger partial charge in [-0.3, -0.25) is 4.79 Å². The number of fused-ring (bicyclic) bond motifs is 1. The molecule has 0 aliphatic heterocycles. The van der Waals surface area contributed by atoms with E-state index in [-0.39, 0.29) is 5.91 Å². The minimum Gasteiger partial charge on any atom is -0.369 e. The number of aryl methyl sites for hydroxylation is 2. The molecule has 1 aliphatic rings. The second kappa shape index (κ2) is 5.77. The van der Waals surface area contributed by atoms with E-state index in [1.165, 1.54) is 24.1 Å². The van der Waals surface area contributed by atoms with Gasteiger partial charge in [0.2, 0.25) is 5.91 Å². The highest BCUT2D eigenvalue weighted by molar-refractivity contribution is 5.82. The lowest BCUT2D eigenvalue weighted by Crippen LogP contribution is -2.39. The molecule has 1 heterocycles. The predicted molar refractivity (Wildman–Crippen MR) is 79.7 cm³/mol. The first-order valence-electron chi connectivity index (χ1n) is 7.26. The third kappa shape index (κ3) is 3.08. The highest BCUT2D eigenvalue weighted by Gasteiger charge is 2.27. The van der Waals surface area contributed by atoms with Crippen LogP contribution in [0.15, 0.2) is 0 Å². The Morgan fingerprint density at radius 3 is 2.65 bits per heavy atom. The van der Waals surface area contributed by atoms with Crippen LogP contribution in [-0.4, -0.2) is 29.5 Å². The fourth-order valence-corrected chi connectivity index (χ4v) is 2.59. The molecule has 20 heavy (non-hydrogen) atoms. The minimum absolute atomic E-state index is 0.0321. The largest absolute Gasteiger partial charge is 0.369 e. The first-order valence-corrected chi connectivity index (χ1v) is 7.26. The van der Waals surface area contributed by atoms with Crippen LogP contribution in [0.3, 0.4) is 0 Å². The maximum atomic E-state index is 11.8. The second-order valence-electron chi connectivity index (χ2n) is 6.07. The van der Waals surface area contributed by atoms with E-state index < -0.39 is 5.41 Å². The van der Waals surface area contributed by atoms with Gasteiger partial charge in [0, 0.05) is 24.8 Å². The van der Waals surface area contributed by atoms with E-state index in [0.29, 0.717) is 6.54 Å². The molecule has 1 aromatic rings. The minimum atomic E-state index is -0.463. The molecule has 0 spiro atoms. The number of hydrogen-bond donors (Lipinski definition) is 2. The van der Waals surface area contributed by atoms with E-state index in [4.69, 9.17) is 0 Å². The zero-order valence-corrected chi connectivity index (χ0v) is 12.8. The third-order valence-corrected chi connectivity index (χ3v) is 3.83. The van der Waals surface area contributed by atoms with E-state index in [9.17, 15) is 4.79 Å². The van der Waals surface area contributed by atoms with E-state index in [2.05, 4.69) is 20.6 Å². The quantitative estimate of drug-likeness (QED) is 0.880. The molecule has 1 aromatic heterocycles. The van der Waals surface area contributed by atoms with Gasteiger partial charge < -0.3 is 10.6 Å². The zero-order chi connectivity index (χ0) is 14.8. The zero-order valence-electron chi connectivity index (χ0n) is 12.8. The van der Waals surface area contributed by atoms with Crippen LogP contribution in [0, 0.1) is 12.3 Å². The number of nitrogens with zero attached hydrogens (tertiary/aromatic N) is 2. The molecule has 0 aromatic carbocycles. The molecular weight excluding hydrogens is 252 g/mol. The van der Waals surface area contributed by atoms with Crippen molar-refractivity contribution in [2.45, 2.75) is 46.5 Å². The Kier molecular flexibility index (Phi) is 4.26. The van der Waals surface area contributed by atoms with Crippen molar-refractivity contribution in [3.05, 3.63) is 17.1 Å². The summed E-state index contributed by atoms with van der Waals surface area (Å²) in [5.41, 5.74) is 1.94. The topological polar surface area (TPSA) is 66.9 Å². The van der Waals surface area contributed by atoms with Gasteiger partial charge in [-0.25, -0.2) is 9.97 Å². The molecule has 1 amide bonds. The molecule has 2 rings (SSSR count). The maximum Gasteiger partial charge on any atom is 0.227 e. The molecule has 5 nitrogen and oxygen atoms in total. The number of rotatable bonds is 4. The first kappa shape index (κ1) is 14.8. The van der Waals surface area contributed by atoms with Crippen LogP contribution in [0.1, 0.15) is 43.8 Å². The SMILES string of the molecule is CNC(=O)C(C)(C)CNc1nc(C)nc2c1CCCC2. The molecule has 110 valence electrons. The van der Waals surface area contributed by atoms with Crippen molar-refractivity contribution in [1.29, 1.82) is 0 Å². The molecule has 0 saturated heterocycles. The molecule has 1 aliphatic carbocycles. The van der Waals surface area contributed by atoms with Crippen molar-refractivity contribution in [3.8, 4) is 0 Å². The number of hydrogen-bond acceptors (Lipinski definition) is 4. The molecule has 0 bridgehead atoms. The van der Waals surface area contributed by atoms with Gasteiger partial charge in [-0.2, -0.15) is 0 Å². The lowest BCUT2D eigenvalue weighted by atomic mass is 9.91. The smallest absolute Gasteiger partial charge is 0.227 e. The number of carbonyl (C=O) groups is 1. The van der Waals surface area contributed by atoms with Crippen LogP contribution >= 0.6 is 0 Å². The number of nitrogens with one attached hydrogen (secondary N) is 2. The third-order valence-electron chi connectivity index (χ3n) is 3.83. The van der Waals surface area contributed by atoms with Crippen LogP contribution in [-0.2, 0) is 17.6 Å². The summed E-state index contributed by atoms with van der Waals surface area (Å²) in [6.07, 6.45) is 4.45. The maximum absolute atomic E-state index is 11.8. The highest BCUT2D eigenvalue weighted by Crippen LogP contribution is 2.26. The fourth-order valence-electron chi connectivity index (χ4n) is 2.59. The second-order valence-corrected chi connectivity index (χ2v) is 6.07. The summed E-state index contributed by atoms with van der Waals surface area (Å²) in [4.78, 5) is 20.9. The monoisotopic (exact) mass is 276 g/mol. The van der Waals surface area contributed by atoms with Crippen LogP contribution in [0.5, 0.6) is 0 Å². The Labute approximate surface area is 120 Å². The molecule has 0 unspecified atom stereocenters. The van der Waals surface area contributed by atoms with E-state index in [1.54, 1.807) is 7.05 Å². The number of aromatic nitrogens is 2. The van der Waals surface area contributed by atoms with Crippen molar-refractivity contribution in [2.24, 2.45) is 5.41 Å². The molecule has 2 N–H and O–H groups in total. The fraction of sp³-hybridized carbons (Fsp3) is 0.667. The van der Waals surface area contributed by atoms with Gasteiger partial charge in [0.25, 0.3) is 0 Å². The van der Waals surface area contributed by atoms with Crippen molar-refractivity contribution < 1.29 is 4.79 Å². The lowest BCUT2D eigenvalue weighted by molar-refractivity contribution is -0.128. The summed E-state index contributed by atoms with van der Waals surface area (Å²) in [5, 5.41) is 6.06. The van der Waals surface area contributed by atoms with Crippen molar-refractivity contribution >= 4 is 11.7 Å². The summed E-state index contributed by atoms with van der Waals surface area (Å²) in [7, 11) is 1.67. The predicted octanol–water partition coefficient (Wildman–Crippen LogP) is 1.85. The van der Waals surface area contributed by atoms with Crippen molar-refractivity contribution in [2.75, 3.05) is 18.9 Å². The van der Waals surface area contributed by atoms with E-state index in [0.717, 1.165) is 24.5 Å². The normalized spacial score (nSPS) is 14.6. The average molecular weight is 276 g/mol. The molecule has 0 saturated carbocycles. The Morgan fingerprint density at radius 2 is 1.95 bits per heavy atom. The highest BCUT2D eigenvalue weighted by atomic mass is 16.2. The Bertz CT molecular complexity index is 511. The number of carbonyl (C=O) groups excluding carboxylic acids is 1. The Morgan fingerprint density at radius 1 is 1.25 bits per heavy atom. The Hall–Kier alpha value is -1.65. The Balaban J connectivity index is 2.17. The van der Waals surface area contributed by atoms with Crippen molar-refractivity contribution in [3.63, 3.8) is 0 Å². The molecular formula is C15H24N4O. The van der Waals surface area contributed by atoms with Crippen LogP contribution in [0.4, 0.5) is 5.82 Å². The van der Waals surface area contributed by atoms with Gasteiger partial charge in [0.1, 0.15) is 11.6 Å². The van der Waals surface area contributed by atoms with Crippen LogP contribution in [0.2, 0.25) is 0 Å². The van der Waals surface area contributed by atoms with Gasteiger partial charge in [-0.15, -0.1) is 0 Å². The van der Waals surface area contributed by atoms with E-state index in [1.807, 2.05) is 20.8 Å². The van der Waals surface area contributed by atoms with Gasteiger partial charge >= 0.3 is 0 Å². The van der Waals surface area contributed by atoms with Crippen LogP contribution < -0.4 is 10.6 Å². The van der Waals surface area contributed by atoms with E-state index >= 15 is 0 Å². The standard InChI is InChI=1S/C15H24N4O/c1-10-18-12-8-6-5-7-11(12)13(19-10)17-9-15(2,3)14(20)16-4/h5-9H2,1-4H3,(H,16,20)(H,17,18,19).